The molecule has 1 N–H and O–H groups in total. The Hall–Kier alpha value is -1.91. The largest absolute Gasteiger partial charge is 0.457 e. The summed E-state index contributed by atoms with van der Waals surface area (Å²) in [6, 6.07) is 0. The molecule has 0 spiro atoms. The smallest absolute Gasteiger partial charge is 0.306 e. The molecule has 2 rings (SSSR count). The minimum absolute atomic E-state index is 0.0798. The number of Topliss-reactive ketones (excluding diaryl/α,β-unsaturated/α-hetero) is 2. The van der Waals surface area contributed by atoms with Crippen LogP contribution in [0, 0.1) is 19.8 Å². The van der Waals surface area contributed by atoms with E-state index in [4.69, 9.17) is 4.74 Å². The van der Waals surface area contributed by atoms with E-state index < -0.39 is 0 Å². The topological polar surface area (TPSA) is 76.2 Å². The van der Waals surface area contributed by atoms with Crippen molar-refractivity contribution < 1.29 is 19.1 Å². The molecule has 0 atom stereocenters. The fraction of sp³-hybridized carbons (Fsp3) is 0.611. The van der Waals surface area contributed by atoms with E-state index in [2.05, 4.69) is 4.98 Å². The van der Waals surface area contributed by atoms with Crippen molar-refractivity contribution >= 4 is 17.5 Å². The molecule has 5 heteroatoms. The number of esters is 1. The van der Waals surface area contributed by atoms with Crippen LogP contribution < -0.4 is 0 Å². The van der Waals surface area contributed by atoms with E-state index in [9.17, 15) is 14.4 Å². The normalized spacial score (nSPS) is 14.9. The van der Waals surface area contributed by atoms with Crippen molar-refractivity contribution in [2.24, 2.45) is 5.92 Å². The summed E-state index contributed by atoms with van der Waals surface area (Å²) in [5.41, 5.74) is 2.20. The van der Waals surface area contributed by atoms with Gasteiger partial charge in [-0.25, -0.2) is 0 Å². The molecule has 1 aliphatic rings. The number of ether oxygens (including phenoxy) is 1. The summed E-state index contributed by atoms with van der Waals surface area (Å²) >= 11 is 0. The fourth-order valence-electron chi connectivity index (χ4n) is 3.47. The molecule has 5 nitrogen and oxygen atoms in total. The average Bonchev–Trinajstić information content (AvgIpc) is 3.10. The van der Waals surface area contributed by atoms with Crippen LogP contribution in [0.2, 0.25) is 0 Å². The number of carbonyl (C=O) groups excluding carboxylic acids is 3. The molecule has 1 aromatic rings. The molecule has 0 amide bonds. The predicted octanol–water partition coefficient (Wildman–Crippen LogP) is 3.53. The molecule has 0 radical (unpaired) electrons. The molecule has 0 aliphatic heterocycles. The minimum Gasteiger partial charge on any atom is -0.457 e. The lowest BCUT2D eigenvalue weighted by Crippen LogP contribution is -2.16. The summed E-state index contributed by atoms with van der Waals surface area (Å²) in [5.74, 6) is -0.0705. The van der Waals surface area contributed by atoms with Gasteiger partial charge in [0, 0.05) is 17.7 Å². The molecule has 1 aromatic heterocycles. The quantitative estimate of drug-likeness (QED) is 0.616. The second kappa shape index (κ2) is 7.57. The Morgan fingerprint density at radius 2 is 1.83 bits per heavy atom. The van der Waals surface area contributed by atoms with Gasteiger partial charge in [0.1, 0.15) is 0 Å². The molecule has 0 unspecified atom stereocenters. The Morgan fingerprint density at radius 3 is 2.39 bits per heavy atom. The van der Waals surface area contributed by atoms with Gasteiger partial charge in [0.2, 0.25) is 5.78 Å². The minimum atomic E-state index is -0.321. The van der Waals surface area contributed by atoms with E-state index in [0.29, 0.717) is 34.9 Å². The van der Waals surface area contributed by atoms with Gasteiger partial charge in [-0.3, -0.25) is 14.4 Å². The van der Waals surface area contributed by atoms with E-state index in [0.717, 1.165) is 6.42 Å². The number of aromatic nitrogens is 1. The first kappa shape index (κ1) is 17.4. The Kier molecular flexibility index (Phi) is 5.74. The molecule has 126 valence electrons. The molecule has 0 bridgehead atoms. The zero-order valence-corrected chi connectivity index (χ0v) is 14.2. The van der Waals surface area contributed by atoms with Crippen LogP contribution in [-0.4, -0.2) is 29.1 Å². The van der Waals surface area contributed by atoms with Gasteiger partial charge in [-0.1, -0.05) is 25.7 Å². The van der Waals surface area contributed by atoms with Crippen LogP contribution in [0.3, 0.4) is 0 Å². The summed E-state index contributed by atoms with van der Waals surface area (Å²) < 4.78 is 5.09. The molecule has 1 aliphatic carbocycles. The summed E-state index contributed by atoms with van der Waals surface area (Å²) in [7, 11) is 0. The molecular weight excluding hydrogens is 294 g/mol. The van der Waals surface area contributed by atoms with Gasteiger partial charge in [0.15, 0.2) is 12.4 Å². The first-order chi connectivity index (χ1) is 10.9. The maximum Gasteiger partial charge on any atom is 0.306 e. The zero-order chi connectivity index (χ0) is 17.0. The molecule has 1 saturated carbocycles. The Bertz CT molecular complexity index is 609. The molecule has 1 fully saturated rings. The fourth-order valence-corrected chi connectivity index (χ4v) is 3.47. The number of carbonyl (C=O) groups is 3. The average molecular weight is 319 g/mol. The van der Waals surface area contributed by atoms with Crippen LogP contribution >= 0.6 is 0 Å². The lowest BCUT2D eigenvalue weighted by Gasteiger charge is -2.08. The van der Waals surface area contributed by atoms with Gasteiger partial charge >= 0.3 is 5.97 Å². The zero-order valence-electron chi connectivity index (χ0n) is 14.2. The van der Waals surface area contributed by atoms with Gasteiger partial charge in [0.05, 0.1) is 5.69 Å². The maximum absolute atomic E-state index is 12.2. The highest BCUT2D eigenvalue weighted by atomic mass is 16.5. The van der Waals surface area contributed by atoms with E-state index in [1.54, 1.807) is 13.8 Å². The third kappa shape index (κ3) is 4.30. The van der Waals surface area contributed by atoms with Crippen molar-refractivity contribution in [2.45, 2.75) is 59.3 Å². The van der Waals surface area contributed by atoms with Gasteiger partial charge in [0.25, 0.3) is 0 Å². The standard InChI is InChI=1S/C18H25NO4/c1-11-17(13(3)20)12(2)19-18(11)15(21)10-23-16(22)9-8-14-6-4-5-7-14/h14,19H,4-10H2,1-3H3. The lowest BCUT2D eigenvalue weighted by molar-refractivity contribution is -0.142. The Balaban J connectivity index is 1.86. The van der Waals surface area contributed by atoms with Crippen LogP contribution in [0.1, 0.15) is 77.6 Å². The number of ketones is 2. The molecule has 0 aromatic carbocycles. The number of hydrogen-bond donors (Lipinski definition) is 1. The van der Waals surface area contributed by atoms with Crippen LogP contribution in [0.4, 0.5) is 0 Å². The molecule has 23 heavy (non-hydrogen) atoms. The number of aromatic amines is 1. The SMILES string of the molecule is CC(=O)c1c(C)[nH]c(C(=O)COC(=O)CCC2CCCC2)c1C. The number of hydrogen-bond acceptors (Lipinski definition) is 4. The van der Waals surface area contributed by atoms with E-state index in [1.807, 2.05) is 0 Å². The van der Waals surface area contributed by atoms with Crippen molar-refractivity contribution in [2.75, 3.05) is 6.61 Å². The molecule has 0 saturated heterocycles. The summed E-state index contributed by atoms with van der Waals surface area (Å²) in [6.45, 7) is 4.69. The first-order valence-corrected chi connectivity index (χ1v) is 8.29. The second-order valence-corrected chi connectivity index (χ2v) is 6.45. The van der Waals surface area contributed by atoms with Gasteiger partial charge < -0.3 is 9.72 Å². The third-order valence-corrected chi connectivity index (χ3v) is 4.66. The van der Waals surface area contributed by atoms with Crippen molar-refractivity contribution in [1.29, 1.82) is 0 Å². The van der Waals surface area contributed by atoms with E-state index >= 15 is 0 Å². The first-order valence-electron chi connectivity index (χ1n) is 8.29. The number of nitrogens with one attached hydrogen (secondary N) is 1. The lowest BCUT2D eigenvalue weighted by atomic mass is 10.0. The monoisotopic (exact) mass is 319 g/mol. The predicted molar refractivity (Wildman–Crippen MR) is 86.8 cm³/mol. The van der Waals surface area contributed by atoms with E-state index in [1.165, 1.54) is 32.6 Å². The third-order valence-electron chi connectivity index (χ3n) is 4.66. The van der Waals surface area contributed by atoms with Crippen LogP contribution in [0.5, 0.6) is 0 Å². The number of H-pyrrole nitrogens is 1. The van der Waals surface area contributed by atoms with Crippen molar-refractivity contribution in [3.63, 3.8) is 0 Å². The highest BCUT2D eigenvalue weighted by Crippen LogP contribution is 2.28. The summed E-state index contributed by atoms with van der Waals surface area (Å²) in [6.07, 6.45) is 6.12. The summed E-state index contributed by atoms with van der Waals surface area (Å²) in [4.78, 5) is 38.5. The Morgan fingerprint density at radius 1 is 1.17 bits per heavy atom. The van der Waals surface area contributed by atoms with Gasteiger partial charge in [-0.05, 0) is 38.7 Å². The van der Waals surface area contributed by atoms with Crippen molar-refractivity contribution in [3.8, 4) is 0 Å². The number of aryl methyl sites for hydroxylation is 1. The Labute approximate surface area is 136 Å². The van der Waals surface area contributed by atoms with Crippen LogP contribution in [-0.2, 0) is 9.53 Å². The summed E-state index contributed by atoms with van der Waals surface area (Å²) in [5, 5.41) is 0. The maximum atomic E-state index is 12.2. The molecular formula is C18H25NO4. The van der Waals surface area contributed by atoms with Gasteiger partial charge in [-0.2, -0.15) is 0 Å². The highest BCUT2D eigenvalue weighted by molar-refractivity contribution is 6.04. The van der Waals surface area contributed by atoms with Gasteiger partial charge in [-0.15, -0.1) is 0 Å². The second-order valence-electron chi connectivity index (χ2n) is 6.45. The number of rotatable bonds is 7. The van der Waals surface area contributed by atoms with Crippen molar-refractivity contribution in [1.82, 2.24) is 4.98 Å². The van der Waals surface area contributed by atoms with E-state index in [-0.39, 0.29) is 24.1 Å². The van der Waals surface area contributed by atoms with Crippen molar-refractivity contribution in [3.05, 3.63) is 22.5 Å². The molecule has 1 heterocycles. The van der Waals surface area contributed by atoms with Crippen LogP contribution in [0.25, 0.3) is 0 Å². The highest BCUT2D eigenvalue weighted by Gasteiger charge is 2.21. The van der Waals surface area contributed by atoms with Crippen LogP contribution in [0.15, 0.2) is 0 Å².